The zero-order valence-electron chi connectivity index (χ0n) is 20.5. The zero-order valence-corrected chi connectivity index (χ0v) is 20.5. The Hall–Kier alpha value is -2.53. The van der Waals surface area contributed by atoms with E-state index >= 15 is 0 Å². The van der Waals surface area contributed by atoms with Crippen LogP contribution in [0.4, 0.5) is 0 Å². The topological polar surface area (TPSA) is 56.0 Å². The molecule has 178 valence electrons. The maximum Gasteiger partial charge on any atom is 0.231 e. The minimum Gasteiger partial charge on any atom is -0.454 e. The Balaban J connectivity index is 0.000000617. The van der Waals surface area contributed by atoms with Crippen LogP contribution in [0.15, 0.2) is 43.0 Å². The number of ether oxygens (including phenoxy) is 2. The van der Waals surface area contributed by atoms with Crippen molar-refractivity contribution in [3.63, 3.8) is 0 Å². The van der Waals surface area contributed by atoms with E-state index in [0.29, 0.717) is 24.5 Å². The lowest BCUT2D eigenvalue weighted by Gasteiger charge is -2.33. The zero-order chi connectivity index (χ0) is 23.4. The summed E-state index contributed by atoms with van der Waals surface area (Å²) in [4.78, 5) is 4.32. The molecule has 3 heterocycles. The fourth-order valence-electron chi connectivity index (χ4n) is 5.27. The fraction of sp³-hybridized carbons (Fsp3) is 0.536. The number of fused-ring (bicyclic) bond motifs is 2. The van der Waals surface area contributed by atoms with Gasteiger partial charge in [-0.15, -0.1) is 0 Å². The maximum atomic E-state index is 11.4. The molecule has 1 N–H and O–H groups in total. The number of imidazole rings is 1. The third-order valence-electron chi connectivity index (χ3n) is 7.07. The quantitative estimate of drug-likeness (QED) is 0.465. The summed E-state index contributed by atoms with van der Waals surface area (Å²) >= 11 is 0. The molecule has 2 aromatic heterocycles. The lowest BCUT2D eigenvalue weighted by Crippen LogP contribution is -2.21. The summed E-state index contributed by atoms with van der Waals surface area (Å²) in [5, 5.41) is 11.4. The summed E-state index contributed by atoms with van der Waals surface area (Å²) in [6, 6.07) is 8.54. The Kier molecular flexibility index (Phi) is 7.59. The smallest absolute Gasteiger partial charge is 0.231 e. The second-order valence-corrected chi connectivity index (χ2v) is 8.81. The molecular weight excluding hydrogens is 412 g/mol. The molecule has 2 fully saturated rings. The average Bonchev–Trinajstić information content (AvgIpc) is 3.42. The van der Waals surface area contributed by atoms with Gasteiger partial charge in [-0.25, -0.2) is 4.98 Å². The van der Waals surface area contributed by atoms with Gasteiger partial charge in [0.05, 0.1) is 24.1 Å². The van der Waals surface area contributed by atoms with Gasteiger partial charge in [0.2, 0.25) is 6.79 Å². The van der Waals surface area contributed by atoms with Gasteiger partial charge in [0.15, 0.2) is 11.5 Å². The highest BCUT2D eigenvalue weighted by Crippen LogP contribution is 2.48. The lowest BCUT2D eigenvalue weighted by molar-refractivity contribution is 0.0810. The van der Waals surface area contributed by atoms with E-state index in [1.165, 1.54) is 24.0 Å². The molecule has 33 heavy (non-hydrogen) atoms. The number of nitrogens with zero attached hydrogens (tertiary/aromatic N) is 2. The minimum absolute atomic E-state index is 0.305. The van der Waals surface area contributed by atoms with E-state index in [9.17, 15) is 5.11 Å². The van der Waals surface area contributed by atoms with Gasteiger partial charge in [-0.05, 0) is 85.6 Å². The number of pyridine rings is 1. The summed E-state index contributed by atoms with van der Waals surface area (Å²) in [6.07, 6.45) is 12.2. The molecule has 5 nitrogen and oxygen atoms in total. The summed E-state index contributed by atoms with van der Waals surface area (Å²) in [5.41, 5.74) is 4.86. The number of benzene rings is 1. The monoisotopic (exact) mass is 450 g/mol. The van der Waals surface area contributed by atoms with Crippen LogP contribution in [0.3, 0.4) is 0 Å². The Morgan fingerprint density at radius 3 is 2.33 bits per heavy atom. The Bertz CT molecular complexity index is 1050. The third kappa shape index (κ3) is 4.74. The predicted octanol–water partition coefficient (Wildman–Crippen LogP) is 7.00. The van der Waals surface area contributed by atoms with E-state index in [4.69, 9.17) is 9.47 Å². The van der Waals surface area contributed by atoms with Crippen LogP contribution < -0.4 is 9.47 Å². The van der Waals surface area contributed by atoms with Crippen molar-refractivity contribution in [3.05, 3.63) is 59.7 Å². The van der Waals surface area contributed by atoms with Crippen molar-refractivity contribution >= 4 is 5.52 Å². The van der Waals surface area contributed by atoms with Gasteiger partial charge in [-0.2, -0.15) is 0 Å². The second-order valence-electron chi connectivity index (χ2n) is 8.81. The maximum absolute atomic E-state index is 11.4. The van der Waals surface area contributed by atoms with Crippen molar-refractivity contribution in [3.8, 4) is 11.5 Å². The first-order chi connectivity index (χ1) is 16.3. The van der Waals surface area contributed by atoms with Gasteiger partial charge in [0.1, 0.15) is 0 Å². The molecule has 0 bridgehead atoms. The molecule has 3 aromatic rings. The van der Waals surface area contributed by atoms with Crippen molar-refractivity contribution in [2.75, 3.05) is 6.79 Å². The minimum atomic E-state index is -0.413. The number of rotatable bonds is 4. The lowest BCUT2D eigenvalue weighted by atomic mass is 9.75. The molecule has 6 rings (SSSR count). The fourth-order valence-corrected chi connectivity index (χ4v) is 5.27. The SMILES string of the molecule is CC.CC.OC(c1c(C2CC2)ccn2cncc12)C1CCC(c2ccc3c(c2)OCO3)CC1. The van der Waals surface area contributed by atoms with Crippen LogP contribution in [0.1, 0.15) is 101 Å². The second kappa shape index (κ2) is 10.6. The van der Waals surface area contributed by atoms with E-state index in [1.807, 2.05) is 50.7 Å². The Morgan fingerprint density at radius 1 is 0.909 bits per heavy atom. The largest absolute Gasteiger partial charge is 0.454 e. The Labute approximate surface area is 197 Å². The number of aliphatic hydroxyl groups excluding tert-OH is 1. The predicted molar refractivity (Wildman–Crippen MR) is 132 cm³/mol. The molecule has 0 saturated heterocycles. The highest BCUT2D eigenvalue weighted by atomic mass is 16.7. The van der Waals surface area contributed by atoms with Gasteiger partial charge >= 0.3 is 0 Å². The normalized spacial score (nSPS) is 22.1. The Morgan fingerprint density at radius 2 is 1.61 bits per heavy atom. The van der Waals surface area contributed by atoms with E-state index in [0.717, 1.165) is 48.3 Å². The summed E-state index contributed by atoms with van der Waals surface area (Å²) in [7, 11) is 0. The molecule has 2 saturated carbocycles. The van der Waals surface area contributed by atoms with Gasteiger partial charge < -0.3 is 19.0 Å². The first-order valence-corrected chi connectivity index (χ1v) is 12.8. The number of aromatic nitrogens is 2. The molecular formula is C28H38N2O3. The van der Waals surface area contributed by atoms with Crippen molar-refractivity contribution in [1.82, 2.24) is 9.38 Å². The first kappa shape index (κ1) is 23.6. The van der Waals surface area contributed by atoms with E-state index in [-0.39, 0.29) is 0 Å². The molecule has 1 aromatic carbocycles. The summed E-state index contributed by atoms with van der Waals surface area (Å²) in [5.74, 6) is 3.16. The third-order valence-corrected chi connectivity index (χ3v) is 7.07. The van der Waals surface area contributed by atoms with Crippen LogP contribution >= 0.6 is 0 Å². The molecule has 0 spiro atoms. The molecule has 1 unspecified atom stereocenters. The molecule has 1 atom stereocenters. The van der Waals surface area contributed by atoms with Crippen LogP contribution in [-0.4, -0.2) is 21.3 Å². The first-order valence-electron chi connectivity index (χ1n) is 12.8. The number of hydrogen-bond acceptors (Lipinski definition) is 4. The van der Waals surface area contributed by atoms with Crippen molar-refractivity contribution < 1.29 is 14.6 Å². The van der Waals surface area contributed by atoms with E-state index in [1.54, 1.807) is 0 Å². The van der Waals surface area contributed by atoms with Crippen LogP contribution in [0.5, 0.6) is 11.5 Å². The molecule has 3 aliphatic rings. The molecule has 5 heteroatoms. The van der Waals surface area contributed by atoms with Crippen LogP contribution in [-0.2, 0) is 0 Å². The van der Waals surface area contributed by atoms with Crippen LogP contribution in [0, 0.1) is 5.92 Å². The highest BCUT2D eigenvalue weighted by Gasteiger charge is 2.34. The summed E-state index contributed by atoms with van der Waals surface area (Å²) < 4.78 is 13.0. The summed E-state index contributed by atoms with van der Waals surface area (Å²) in [6.45, 7) is 8.32. The molecule has 0 radical (unpaired) electrons. The van der Waals surface area contributed by atoms with Crippen LogP contribution in [0.25, 0.3) is 5.52 Å². The van der Waals surface area contributed by atoms with E-state index in [2.05, 4.69) is 29.4 Å². The van der Waals surface area contributed by atoms with Gasteiger partial charge in [-0.1, -0.05) is 33.8 Å². The molecule has 2 aliphatic carbocycles. The number of hydrogen-bond donors (Lipinski definition) is 1. The average molecular weight is 451 g/mol. The van der Waals surface area contributed by atoms with E-state index < -0.39 is 6.10 Å². The van der Waals surface area contributed by atoms with Gasteiger partial charge in [0, 0.05) is 11.8 Å². The van der Waals surface area contributed by atoms with Gasteiger partial charge in [-0.3, -0.25) is 0 Å². The van der Waals surface area contributed by atoms with Gasteiger partial charge in [0.25, 0.3) is 0 Å². The van der Waals surface area contributed by atoms with Crippen LogP contribution in [0.2, 0.25) is 0 Å². The molecule has 0 amide bonds. The van der Waals surface area contributed by atoms with Crippen molar-refractivity contribution in [2.45, 2.75) is 84.2 Å². The number of aliphatic hydroxyl groups is 1. The molecule has 1 aliphatic heterocycles. The standard InChI is InChI=1S/C24H26N2O3.2C2H6/c27-24(23-19(16-3-4-16)9-10-26-13-25-12-20(23)26)17-5-1-15(2-6-17)18-7-8-21-22(11-18)29-14-28-21;2*1-2/h7-13,15-17,24,27H,1-6,14H2;2*1-2H3. The van der Waals surface area contributed by atoms with Crippen molar-refractivity contribution in [1.29, 1.82) is 0 Å². The highest BCUT2D eigenvalue weighted by molar-refractivity contribution is 5.59. The van der Waals surface area contributed by atoms with Crippen molar-refractivity contribution in [2.24, 2.45) is 5.92 Å².